The van der Waals surface area contributed by atoms with E-state index in [0.29, 0.717) is 30.0 Å². The van der Waals surface area contributed by atoms with Gasteiger partial charge in [0, 0.05) is 19.2 Å². The number of carbonyl (C=O) groups excluding carboxylic acids is 1. The first-order valence-corrected chi connectivity index (χ1v) is 10.1. The number of fused-ring (bicyclic) bond motifs is 1. The van der Waals surface area contributed by atoms with E-state index in [1.807, 2.05) is 6.92 Å². The molecule has 11 heteroatoms. The standard InChI is InChI=1S/C20H20FN3O6S/c1-4-30-8-7-23-14-6-5-12(21)9-18(14)31-20(23)22-19(25)13-10-16(28-2)17(29-3)11-15(13)24(26)27/h5-6,9-11H,4,7-8H2,1-3H3. The van der Waals surface area contributed by atoms with Crippen LogP contribution in [0.1, 0.15) is 17.3 Å². The van der Waals surface area contributed by atoms with Crippen LogP contribution in [0, 0.1) is 15.9 Å². The summed E-state index contributed by atoms with van der Waals surface area (Å²) in [7, 11) is 2.70. The van der Waals surface area contributed by atoms with Crippen LogP contribution in [0.15, 0.2) is 35.3 Å². The number of halogens is 1. The fourth-order valence-corrected chi connectivity index (χ4v) is 4.07. The van der Waals surface area contributed by atoms with Crippen molar-refractivity contribution in [3.8, 4) is 11.5 Å². The molecule has 3 aromatic rings. The minimum absolute atomic E-state index is 0.120. The maximum atomic E-state index is 13.7. The van der Waals surface area contributed by atoms with E-state index < -0.39 is 22.3 Å². The number of amides is 1. The van der Waals surface area contributed by atoms with E-state index in [1.165, 1.54) is 32.4 Å². The summed E-state index contributed by atoms with van der Waals surface area (Å²) in [5.41, 5.74) is -0.0264. The summed E-state index contributed by atoms with van der Waals surface area (Å²) in [6.07, 6.45) is 0. The average molecular weight is 449 g/mol. The Balaban J connectivity index is 2.16. The third kappa shape index (κ3) is 4.72. The number of aromatic nitrogens is 1. The van der Waals surface area contributed by atoms with Crippen LogP contribution in [0.25, 0.3) is 10.2 Å². The number of ether oxygens (including phenoxy) is 3. The molecule has 0 fully saturated rings. The van der Waals surface area contributed by atoms with Crippen LogP contribution in [0.4, 0.5) is 10.1 Å². The lowest BCUT2D eigenvalue weighted by molar-refractivity contribution is -0.385. The molecule has 1 amide bonds. The third-order valence-corrected chi connectivity index (χ3v) is 5.48. The number of nitrogens with zero attached hydrogens (tertiary/aromatic N) is 3. The molecule has 31 heavy (non-hydrogen) atoms. The number of hydrogen-bond donors (Lipinski definition) is 0. The minimum Gasteiger partial charge on any atom is -0.493 e. The van der Waals surface area contributed by atoms with Crippen molar-refractivity contribution in [3.63, 3.8) is 0 Å². The van der Waals surface area contributed by atoms with Gasteiger partial charge in [0.2, 0.25) is 0 Å². The molecule has 0 aliphatic rings. The molecule has 0 spiro atoms. The maximum absolute atomic E-state index is 13.7. The monoisotopic (exact) mass is 449 g/mol. The van der Waals surface area contributed by atoms with Crippen molar-refractivity contribution in [1.82, 2.24) is 4.57 Å². The molecular weight excluding hydrogens is 429 g/mol. The summed E-state index contributed by atoms with van der Waals surface area (Å²) < 4.78 is 31.6. The molecule has 1 heterocycles. The Kier molecular flexibility index (Phi) is 6.98. The van der Waals surface area contributed by atoms with Gasteiger partial charge in [0.15, 0.2) is 16.3 Å². The van der Waals surface area contributed by atoms with E-state index in [4.69, 9.17) is 14.2 Å². The Morgan fingerprint density at radius 1 is 1.23 bits per heavy atom. The van der Waals surface area contributed by atoms with Gasteiger partial charge in [-0.3, -0.25) is 14.9 Å². The lowest BCUT2D eigenvalue weighted by Crippen LogP contribution is -2.20. The number of nitro benzene ring substituents is 1. The SMILES string of the molecule is CCOCCn1c(=NC(=O)c2cc(OC)c(OC)cc2[N+](=O)[O-])sc2cc(F)ccc21. The van der Waals surface area contributed by atoms with Crippen molar-refractivity contribution in [2.24, 2.45) is 4.99 Å². The Bertz CT molecular complexity index is 1200. The van der Waals surface area contributed by atoms with E-state index in [0.717, 1.165) is 17.4 Å². The highest BCUT2D eigenvalue weighted by molar-refractivity contribution is 7.16. The molecule has 0 N–H and O–H groups in total. The Hall–Kier alpha value is -3.31. The third-order valence-electron chi connectivity index (χ3n) is 4.43. The predicted octanol–water partition coefficient (Wildman–Crippen LogP) is 3.54. The van der Waals surface area contributed by atoms with Crippen molar-refractivity contribution >= 4 is 33.1 Å². The topological polar surface area (TPSA) is 105 Å². The normalized spacial score (nSPS) is 11.7. The molecule has 0 bridgehead atoms. The molecule has 2 aromatic carbocycles. The zero-order chi connectivity index (χ0) is 22.5. The highest BCUT2D eigenvalue weighted by Crippen LogP contribution is 2.34. The van der Waals surface area contributed by atoms with Gasteiger partial charge >= 0.3 is 0 Å². The summed E-state index contributed by atoms with van der Waals surface area (Å²) in [6, 6.07) is 6.59. The van der Waals surface area contributed by atoms with Crippen molar-refractivity contribution < 1.29 is 28.3 Å². The zero-order valence-electron chi connectivity index (χ0n) is 17.1. The lowest BCUT2D eigenvalue weighted by atomic mass is 10.1. The van der Waals surface area contributed by atoms with Crippen LogP contribution < -0.4 is 14.3 Å². The second-order valence-electron chi connectivity index (χ2n) is 6.24. The minimum atomic E-state index is -0.829. The zero-order valence-corrected chi connectivity index (χ0v) is 17.9. The second-order valence-corrected chi connectivity index (χ2v) is 7.25. The fraction of sp³-hybridized carbons (Fsp3) is 0.300. The molecule has 1 aromatic heterocycles. The van der Waals surface area contributed by atoms with Crippen LogP contribution in [0.5, 0.6) is 11.5 Å². The lowest BCUT2D eigenvalue weighted by Gasteiger charge is -2.09. The fourth-order valence-electron chi connectivity index (χ4n) is 2.99. The van der Waals surface area contributed by atoms with E-state index in [2.05, 4.69) is 4.99 Å². The van der Waals surface area contributed by atoms with Gasteiger partial charge < -0.3 is 18.8 Å². The van der Waals surface area contributed by atoms with Crippen LogP contribution >= 0.6 is 11.3 Å². The highest BCUT2D eigenvalue weighted by atomic mass is 32.1. The summed E-state index contributed by atoms with van der Waals surface area (Å²) in [4.78, 5) is 28.2. The first-order chi connectivity index (χ1) is 14.9. The Morgan fingerprint density at radius 3 is 2.58 bits per heavy atom. The number of thiazole rings is 1. The summed E-state index contributed by atoms with van der Waals surface area (Å²) >= 11 is 1.11. The molecule has 9 nitrogen and oxygen atoms in total. The molecule has 0 saturated carbocycles. The van der Waals surface area contributed by atoms with E-state index >= 15 is 0 Å². The van der Waals surface area contributed by atoms with Gasteiger partial charge in [0.25, 0.3) is 11.6 Å². The van der Waals surface area contributed by atoms with Crippen LogP contribution in [-0.4, -0.2) is 42.8 Å². The molecular formula is C20H20FN3O6S. The predicted molar refractivity (Wildman–Crippen MR) is 112 cm³/mol. The first kappa shape index (κ1) is 22.4. The smallest absolute Gasteiger partial charge is 0.286 e. The summed E-state index contributed by atoms with van der Waals surface area (Å²) in [5.74, 6) is -0.965. The van der Waals surface area contributed by atoms with Gasteiger partial charge in [-0.15, -0.1) is 0 Å². The van der Waals surface area contributed by atoms with Gasteiger partial charge in [0.05, 0.1) is 42.0 Å². The molecule has 164 valence electrons. The largest absolute Gasteiger partial charge is 0.493 e. The maximum Gasteiger partial charge on any atom is 0.286 e. The number of carbonyl (C=O) groups is 1. The first-order valence-electron chi connectivity index (χ1n) is 9.25. The molecule has 0 aliphatic carbocycles. The van der Waals surface area contributed by atoms with Gasteiger partial charge in [-0.1, -0.05) is 11.3 Å². The number of hydrogen-bond acceptors (Lipinski definition) is 7. The quantitative estimate of drug-likeness (QED) is 0.296. The van der Waals surface area contributed by atoms with Crippen LogP contribution in [0.2, 0.25) is 0 Å². The van der Waals surface area contributed by atoms with Crippen molar-refractivity contribution in [3.05, 3.63) is 56.6 Å². The second kappa shape index (κ2) is 9.67. The Morgan fingerprint density at radius 2 is 1.94 bits per heavy atom. The van der Waals surface area contributed by atoms with Gasteiger partial charge in [0.1, 0.15) is 11.4 Å². The van der Waals surface area contributed by atoms with Crippen molar-refractivity contribution in [2.75, 3.05) is 27.4 Å². The summed E-state index contributed by atoms with van der Waals surface area (Å²) in [6.45, 7) is 3.11. The van der Waals surface area contributed by atoms with Gasteiger partial charge in [-0.05, 0) is 25.1 Å². The average Bonchev–Trinajstić information content (AvgIpc) is 3.08. The van der Waals surface area contributed by atoms with Gasteiger partial charge in [-0.2, -0.15) is 4.99 Å². The van der Waals surface area contributed by atoms with E-state index in [9.17, 15) is 19.3 Å². The molecule has 0 radical (unpaired) electrons. The molecule has 0 unspecified atom stereocenters. The number of benzene rings is 2. The number of methoxy groups -OCH3 is 2. The molecule has 3 rings (SSSR count). The van der Waals surface area contributed by atoms with E-state index in [-0.39, 0.29) is 21.9 Å². The van der Waals surface area contributed by atoms with Crippen molar-refractivity contribution in [2.45, 2.75) is 13.5 Å². The van der Waals surface area contributed by atoms with Crippen LogP contribution in [0.3, 0.4) is 0 Å². The summed E-state index contributed by atoms with van der Waals surface area (Å²) in [5, 5.41) is 11.5. The van der Waals surface area contributed by atoms with E-state index in [1.54, 1.807) is 10.6 Å². The number of rotatable bonds is 8. The van der Waals surface area contributed by atoms with Crippen LogP contribution in [-0.2, 0) is 11.3 Å². The number of nitro groups is 1. The van der Waals surface area contributed by atoms with Gasteiger partial charge in [-0.25, -0.2) is 4.39 Å². The van der Waals surface area contributed by atoms with Crippen molar-refractivity contribution in [1.29, 1.82) is 0 Å². The Labute approximate surface area is 180 Å². The molecule has 0 saturated heterocycles. The molecule has 0 aliphatic heterocycles. The molecule has 0 atom stereocenters. The highest BCUT2D eigenvalue weighted by Gasteiger charge is 2.24.